The van der Waals surface area contributed by atoms with Gasteiger partial charge in [0.05, 0.1) is 13.7 Å². The number of guanidine groups is 1. The molecule has 6 heteroatoms. The van der Waals surface area contributed by atoms with E-state index in [1.54, 1.807) is 14.2 Å². The SMILES string of the molecule is CN=C(NCC(C)Oc1ccccc1OC)NC1CN(C(C)C)CC1C. The zero-order valence-electron chi connectivity index (χ0n) is 17.0. The van der Waals surface area contributed by atoms with E-state index in [0.29, 0.717) is 24.5 Å². The van der Waals surface area contributed by atoms with E-state index in [1.807, 2.05) is 31.2 Å². The zero-order valence-corrected chi connectivity index (χ0v) is 17.0. The number of para-hydroxylation sites is 2. The first-order chi connectivity index (χ1) is 12.4. The molecule has 1 aromatic rings. The molecule has 0 aromatic heterocycles. The fourth-order valence-corrected chi connectivity index (χ4v) is 3.20. The standard InChI is InChI=1S/C20H34N4O2/c1-14(2)24-12-15(3)17(13-24)23-20(21-5)22-11-16(4)26-19-10-8-7-9-18(19)25-6/h7-10,14-17H,11-13H2,1-6H3,(H2,21,22,23). The lowest BCUT2D eigenvalue weighted by molar-refractivity contribution is 0.213. The minimum atomic E-state index is -0.0157. The average Bonchev–Trinajstić information content (AvgIpc) is 3.00. The third-order valence-electron chi connectivity index (χ3n) is 4.87. The summed E-state index contributed by atoms with van der Waals surface area (Å²) in [5.41, 5.74) is 0. The monoisotopic (exact) mass is 362 g/mol. The molecule has 1 aromatic carbocycles. The molecular weight excluding hydrogens is 328 g/mol. The molecule has 1 aliphatic heterocycles. The van der Waals surface area contributed by atoms with E-state index in [2.05, 4.69) is 41.3 Å². The average molecular weight is 363 g/mol. The van der Waals surface area contributed by atoms with E-state index >= 15 is 0 Å². The smallest absolute Gasteiger partial charge is 0.191 e. The number of likely N-dealkylation sites (tertiary alicyclic amines) is 1. The maximum absolute atomic E-state index is 5.99. The van der Waals surface area contributed by atoms with Crippen molar-refractivity contribution in [2.24, 2.45) is 10.9 Å². The molecule has 3 atom stereocenters. The number of methoxy groups -OCH3 is 1. The Morgan fingerprint density at radius 3 is 2.50 bits per heavy atom. The van der Waals surface area contributed by atoms with Crippen molar-refractivity contribution in [3.05, 3.63) is 24.3 Å². The molecule has 0 saturated carbocycles. The molecule has 0 amide bonds. The first kappa shape index (κ1) is 20.4. The highest BCUT2D eigenvalue weighted by Crippen LogP contribution is 2.26. The summed E-state index contributed by atoms with van der Waals surface area (Å²) in [7, 11) is 3.46. The lowest BCUT2D eigenvalue weighted by Gasteiger charge is -2.23. The minimum Gasteiger partial charge on any atom is -0.493 e. The summed E-state index contributed by atoms with van der Waals surface area (Å²) in [6.07, 6.45) is -0.0157. The molecule has 3 unspecified atom stereocenters. The third kappa shape index (κ3) is 5.53. The number of nitrogens with one attached hydrogen (secondary N) is 2. The second-order valence-corrected chi connectivity index (χ2v) is 7.31. The largest absolute Gasteiger partial charge is 0.493 e. The molecule has 1 aliphatic rings. The molecule has 1 saturated heterocycles. The molecule has 2 N–H and O–H groups in total. The van der Waals surface area contributed by atoms with Gasteiger partial charge in [0, 0.05) is 32.2 Å². The van der Waals surface area contributed by atoms with Crippen LogP contribution in [0.25, 0.3) is 0 Å². The van der Waals surface area contributed by atoms with Gasteiger partial charge in [-0.1, -0.05) is 19.1 Å². The highest BCUT2D eigenvalue weighted by atomic mass is 16.5. The number of nitrogens with zero attached hydrogens (tertiary/aromatic N) is 2. The third-order valence-corrected chi connectivity index (χ3v) is 4.87. The van der Waals surface area contributed by atoms with Gasteiger partial charge in [0.1, 0.15) is 6.10 Å². The van der Waals surface area contributed by atoms with Crippen molar-refractivity contribution in [3.8, 4) is 11.5 Å². The molecule has 1 heterocycles. The summed E-state index contributed by atoms with van der Waals surface area (Å²) >= 11 is 0. The van der Waals surface area contributed by atoms with Crippen LogP contribution in [-0.2, 0) is 0 Å². The Kier molecular flexibility index (Phi) is 7.57. The van der Waals surface area contributed by atoms with Crippen molar-refractivity contribution >= 4 is 5.96 Å². The Hall–Kier alpha value is -1.95. The molecule has 0 aliphatic carbocycles. The highest BCUT2D eigenvalue weighted by Gasteiger charge is 2.31. The van der Waals surface area contributed by atoms with Crippen LogP contribution in [0.1, 0.15) is 27.7 Å². The van der Waals surface area contributed by atoms with Gasteiger partial charge < -0.3 is 20.1 Å². The van der Waals surface area contributed by atoms with Gasteiger partial charge in [0.25, 0.3) is 0 Å². The molecule has 26 heavy (non-hydrogen) atoms. The van der Waals surface area contributed by atoms with Crippen molar-refractivity contribution in [1.29, 1.82) is 0 Å². The molecular formula is C20H34N4O2. The fourth-order valence-electron chi connectivity index (χ4n) is 3.20. The number of aliphatic imine (C=N–C) groups is 1. The predicted octanol–water partition coefficient (Wildman–Crippen LogP) is 2.36. The maximum atomic E-state index is 5.99. The van der Waals surface area contributed by atoms with E-state index in [4.69, 9.17) is 9.47 Å². The number of benzene rings is 1. The fraction of sp³-hybridized carbons (Fsp3) is 0.650. The number of rotatable bonds is 7. The topological polar surface area (TPSA) is 58.1 Å². The van der Waals surface area contributed by atoms with Gasteiger partial charge in [0.2, 0.25) is 0 Å². The van der Waals surface area contributed by atoms with Crippen LogP contribution in [0.15, 0.2) is 29.3 Å². The van der Waals surface area contributed by atoms with Crippen molar-refractivity contribution in [2.45, 2.75) is 45.9 Å². The highest BCUT2D eigenvalue weighted by molar-refractivity contribution is 5.80. The summed E-state index contributed by atoms with van der Waals surface area (Å²) in [4.78, 5) is 6.87. The first-order valence-electron chi connectivity index (χ1n) is 9.45. The Morgan fingerprint density at radius 1 is 1.23 bits per heavy atom. The Labute approximate surface area is 158 Å². The normalized spacial score (nSPS) is 22.3. The second-order valence-electron chi connectivity index (χ2n) is 7.31. The van der Waals surface area contributed by atoms with Crippen LogP contribution in [0.5, 0.6) is 11.5 Å². The summed E-state index contributed by atoms with van der Waals surface area (Å²) in [6, 6.07) is 8.69. The number of hydrogen-bond donors (Lipinski definition) is 2. The first-order valence-corrected chi connectivity index (χ1v) is 9.45. The van der Waals surface area contributed by atoms with Crippen molar-refractivity contribution in [3.63, 3.8) is 0 Å². The molecule has 0 spiro atoms. The van der Waals surface area contributed by atoms with Gasteiger partial charge in [-0.15, -0.1) is 0 Å². The molecule has 146 valence electrons. The number of hydrogen-bond acceptors (Lipinski definition) is 4. The summed E-state index contributed by atoms with van der Waals surface area (Å²) in [5, 5.41) is 6.93. The Morgan fingerprint density at radius 2 is 1.92 bits per heavy atom. The van der Waals surface area contributed by atoms with Crippen LogP contribution in [0.3, 0.4) is 0 Å². The Bertz CT molecular complexity index is 591. The van der Waals surface area contributed by atoms with E-state index < -0.39 is 0 Å². The van der Waals surface area contributed by atoms with E-state index in [1.165, 1.54) is 0 Å². The van der Waals surface area contributed by atoms with Gasteiger partial charge in [-0.3, -0.25) is 9.89 Å². The van der Waals surface area contributed by atoms with Gasteiger partial charge in [-0.2, -0.15) is 0 Å². The van der Waals surface area contributed by atoms with Crippen molar-refractivity contribution in [2.75, 3.05) is 33.8 Å². The molecule has 0 radical (unpaired) electrons. The van der Waals surface area contributed by atoms with Crippen molar-refractivity contribution in [1.82, 2.24) is 15.5 Å². The van der Waals surface area contributed by atoms with Gasteiger partial charge in [-0.25, -0.2) is 0 Å². The molecule has 2 rings (SSSR count). The van der Waals surface area contributed by atoms with Crippen molar-refractivity contribution < 1.29 is 9.47 Å². The second kappa shape index (κ2) is 9.67. The van der Waals surface area contributed by atoms with Gasteiger partial charge >= 0.3 is 0 Å². The summed E-state index contributed by atoms with van der Waals surface area (Å²) in [5.74, 6) is 2.92. The molecule has 6 nitrogen and oxygen atoms in total. The lowest BCUT2D eigenvalue weighted by Crippen LogP contribution is -2.48. The van der Waals surface area contributed by atoms with Crippen LogP contribution in [-0.4, -0.2) is 62.8 Å². The quantitative estimate of drug-likeness (QED) is 0.576. The van der Waals surface area contributed by atoms with Crippen LogP contribution in [0.4, 0.5) is 0 Å². The summed E-state index contributed by atoms with van der Waals surface area (Å²) in [6.45, 7) is 11.7. The van der Waals surface area contributed by atoms with Crippen LogP contribution >= 0.6 is 0 Å². The van der Waals surface area contributed by atoms with Crippen LogP contribution in [0, 0.1) is 5.92 Å². The maximum Gasteiger partial charge on any atom is 0.191 e. The minimum absolute atomic E-state index is 0.0157. The van der Waals surface area contributed by atoms with E-state index in [-0.39, 0.29) is 6.10 Å². The van der Waals surface area contributed by atoms with Crippen LogP contribution in [0.2, 0.25) is 0 Å². The zero-order chi connectivity index (χ0) is 19.1. The predicted molar refractivity (Wildman–Crippen MR) is 107 cm³/mol. The van der Waals surface area contributed by atoms with E-state index in [9.17, 15) is 0 Å². The Balaban J connectivity index is 1.83. The molecule has 0 bridgehead atoms. The molecule has 1 fully saturated rings. The number of ether oxygens (including phenoxy) is 2. The van der Waals surface area contributed by atoms with Crippen LogP contribution < -0.4 is 20.1 Å². The lowest BCUT2D eigenvalue weighted by atomic mass is 10.1. The van der Waals surface area contributed by atoms with Gasteiger partial charge in [-0.05, 0) is 38.8 Å². The van der Waals surface area contributed by atoms with Gasteiger partial charge in [0.15, 0.2) is 17.5 Å². The van der Waals surface area contributed by atoms with E-state index in [0.717, 1.165) is 30.5 Å². The summed E-state index contributed by atoms with van der Waals surface area (Å²) < 4.78 is 11.3.